The van der Waals surface area contributed by atoms with Crippen LogP contribution in [0.25, 0.3) is 0 Å². The molecule has 0 amide bonds. The second-order valence-corrected chi connectivity index (χ2v) is 9.21. The maximum absolute atomic E-state index is 12.5. The van der Waals surface area contributed by atoms with Gasteiger partial charge < -0.3 is 19.2 Å². The molecule has 11 heteroatoms. The number of ether oxygens (including phenoxy) is 2. The zero-order chi connectivity index (χ0) is 22.6. The third-order valence-corrected chi connectivity index (χ3v) is 6.46. The van der Waals surface area contributed by atoms with Crippen LogP contribution in [0.15, 0.2) is 57.5 Å². The summed E-state index contributed by atoms with van der Waals surface area (Å²) in [7, 11) is 0. The number of carbonyl (C=O) groups excluding carboxylic acids is 1. The molecule has 2 aromatic carbocycles. The average Bonchev–Trinajstić information content (AvgIpc) is 3.46. The molecular weight excluding hydrogens is 484 g/mol. The number of rotatable bonds is 8. The number of aromatic nitrogens is 3. The van der Waals surface area contributed by atoms with Gasteiger partial charge in [-0.25, -0.2) is 4.98 Å². The fraction of sp³-hybridized carbons (Fsp3) is 0.182. The van der Waals surface area contributed by atoms with E-state index in [4.69, 9.17) is 25.5 Å². The van der Waals surface area contributed by atoms with Gasteiger partial charge in [-0.1, -0.05) is 29.4 Å². The number of thioether (sulfide) groups is 1. The first-order valence-corrected chi connectivity index (χ1v) is 12.2. The highest BCUT2D eigenvalue weighted by atomic mass is 35.5. The van der Waals surface area contributed by atoms with E-state index < -0.39 is 0 Å². The van der Waals surface area contributed by atoms with Gasteiger partial charge in [-0.2, -0.15) is 0 Å². The van der Waals surface area contributed by atoms with E-state index in [0.29, 0.717) is 52.8 Å². The number of ketones is 1. The van der Waals surface area contributed by atoms with E-state index in [1.807, 2.05) is 29.6 Å². The van der Waals surface area contributed by atoms with E-state index in [1.54, 1.807) is 18.2 Å². The Labute approximate surface area is 202 Å². The number of halogens is 1. The summed E-state index contributed by atoms with van der Waals surface area (Å²) in [5, 5.41) is 15.0. The van der Waals surface area contributed by atoms with Crippen molar-refractivity contribution in [2.45, 2.75) is 11.6 Å². The van der Waals surface area contributed by atoms with Crippen molar-refractivity contribution in [1.82, 2.24) is 15.2 Å². The number of hydrogen-bond acceptors (Lipinski definition) is 10. The van der Waals surface area contributed by atoms with Crippen LogP contribution in [0.3, 0.4) is 0 Å². The summed E-state index contributed by atoms with van der Waals surface area (Å²) in [6, 6.07) is 12.6. The number of benzene rings is 2. The molecule has 0 saturated heterocycles. The van der Waals surface area contributed by atoms with E-state index in [0.717, 1.165) is 16.5 Å². The molecule has 0 fully saturated rings. The quantitative estimate of drug-likeness (QED) is 0.256. The molecule has 1 N–H and O–H groups in total. The first-order chi connectivity index (χ1) is 16.1. The van der Waals surface area contributed by atoms with Crippen LogP contribution in [-0.2, 0) is 6.42 Å². The summed E-state index contributed by atoms with van der Waals surface area (Å²) in [4.78, 5) is 17.1. The van der Waals surface area contributed by atoms with Crippen molar-refractivity contribution < 1.29 is 18.7 Å². The minimum absolute atomic E-state index is 0.0621. The van der Waals surface area contributed by atoms with Crippen LogP contribution in [0.4, 0.5) is 10.8 Å². The highest BCUT2D eigenvalue weighted by Gasteiger charge is 2.17. The number of Topliss-reactive ketones (excluding diaryl/α,β-unsaturated/α-hetero) is 1. The Bertz CT molecular complexity index is 1290. The molecule has 0 aliphatic carbocycles. The molecule has 0 bridgehead atoms. The fourth-order valence-corrected chi connectivity index (χ4v) is 4.68. The third kappa shape index (κ3) is 5.47. The standard InChI is InChI=1S/C22H17ClN4O4S2/c23-14-2-1-3-15(9-14)24-21-25-16(11-32-21)10-20-26-27-22(31-20)33-12-17(28)13-4-5-18-19(8-13)30-7-6-29-18/h1-5,8-9,11H,6-7,10,12H2,(H,24,25). The summed E-state index contributed by atoms with van der Waals surface area (Å²) in [5.74, 6) is 1.78. The van der Waals surface area contributed by atoms with Gasteiger partial charge in [-0.05, 0) is 36.4 Å². The molecule has 0 saturated carbocycles. The van der Waals surface area contributed by atoms with E-state index in [-0.39, 0.29) is 11.5 Å². The van der Waals surface area contributed by atoms with Crippen molar-refractivity contribution >= 4 is 51.3 Å². The maximum atomic E-state index is 12.5. The van der Waals surface area contributed by atoms with Gasteiger partial charge in [0.2, 0.25) is 5.89 Å². The monoisotopic (exact) mass is 500 g/mol. The zero-order valence-electron chi connectivity index (χ0n) is 17.1. The number of thiazole rings is 1. The zero-order valence-corrected chi connectivity index (χ0v) is 19.5. The lowest BCUT2D eigenvalue weighted by Crippen LogP contribution is -2.16. The lowest BCUT2D eigenvalue weighted by Gasteiger charge is -2.18. The molecule has 3 heterocycles. The number of fused-ring (bicyclic) bond motifs is 1. The highest BCUT2D eigenvalue weighted by Crippen LogP contribution is 2.31. The van der Waals surface area contributed by atoms with E-state index >= 15 is 0 Å². The van der Waals surface area contributed by atoms with Gasteiger partial charge in [0.1, 0.15) is 13.2 Å². The van der Waals surface area contributed by atoms with Crippen molar-refractivity contribution in [1.29, 1.82) is 0 Å². The second kappa shape index (κ2) is 9.82. The van der Waals surface area contributed by atoms with Crippen LogP contribution < -0.4 is 14.8 Å². The predicted molar refractivity (Wildman–Crippen MR) is 126 cm³/mol. The number of anilines is 2. The minimum Gasteiger partial charge on any atom is -0.486 e. The Morgan fingerprint density at radius 2 is 2.00 bits per heavy atom. The molecule has 0 spiro atoms. The lowest BCUT2D eigenvalue weighted by atomic mass is 10.1. The number of hydrogen-bond donors (Lipinski definition) is 1. The molecule has 0 unspecified atom stereocenters. The van der Waals surface area contributed by atoms with Gasteiger partial charge in [-0.15, -0.1) is 21.5 Å². The summed E-state index contributed by atoms with van der Waals surface area (Å²) in [5.41, 5.74) is 2.22. The Balaban J connectivity index is 1.15. The summed E-state index contributed by atoms with van der Waals surface area (Å²) in [6.07, 6.45) is 0.400. The summed E-state index contributed by atoms with van der Waals surface area (Å²) in [6.45, 7) is 0.984. The highest BCUT2D eigenvalue weighted by molar-refractivity contribution is 7.99. The van der Waals surface area contributed by atoms with Gasteiger partial charge in [0, 0.05) is 21.7 Å². The first kappa shape index (κ1) is 21.7. The third-order valence-electron chi connectivity index (χ3n) is 4.60. The molecule has 2 aromatic heterocycles. The smallest absolute Gasteiger partial charge is 0.277 e. The van der Waals surface area contributed by atoms with Crippen LogP contribution in [0, 0.1) is 0 Å². The molecule has 33 heavy (non-hydrogen) atoms. The van der Waals surface area contributed by atoms with Crippen molar-refractivity contribution in [3.63, 3.8) is 0 Å². The van der Waals surface area contributed by atoms with Gasteiger partial charge in [0.15, 0.2) is 22.4 Å². The van der Waals surface area contributed by atoms with E-state index in [2.05, 4.69) is 20.5 Å². The van der Waals surface area contributed by atoms with Crippen LogP contribution in [0.1, 0.15) is 21.9 Å². The molecule has 0 radical (unpaired) electrons. The normalized spacial score (nSPS) is 12.5. The Morgan fingerprint density at radius 3 is 2.88 bits per heavy atom. The SMILES string of the molecule is O=C(CSc1nnc(Cc2csc(Nc3cccc(Cl)c3)n2)o1)c1ccc2c(c1)OCCO2. The predicted octanol–water partition coefficient (Wildman–Crippen LogP) is 5.26. The van der Waals surface area contributed by atoms with Gasteiger partial charge >= 0.3 is 0 Å². The molecule has 5 rings (SSSR count). The van der Waals surface area contributed by atoms with Crippen molar-refractivity contribution in [3.05, 3.63) is 70.0 Å². The molecule has 4 aromatic rings. The summed E-state index contributed by atoms with van der Waals surface area (Å²) < 4.78 is 16.7. The largest absolute Gasteiger partial charge is 0.486 e. The van der Waals surface area contributed by atoms with Gasteiger partial charge in [-0.3, -0.25) is 4.79 Å². The molecule has 8 nitrogen and oxygen atoms in total. The van der Waals surface area contributed by atoms with Crippen LogP contribution in [0.5, 0.6) is 11.5 Å². The van der Waals surface area contributed by atoms with Crippen LogP contribution >= 0.6 is 34.7 Å². The Morgan fingerprint density at radius 1 is 1.12 bits per heavy atom. The molecule has 0 atom stereocenters. The van der Waals surface area contributed by atoms with Crippen LogP contribution in [-0.4, -0.2) is 39.9 Å². The first-order valence-electron chi connectivity index (χ1n) is 9.97. The molecule has 168 valence electrons. The van der Waals surface area contributed by atoms with Gasteiger partial charge in [0.05, 0.1) is 17.9 Å². The molecule has 1 aliphatic heterocycles. The molecular formula is C22H17ClN4O4S2. The van der Waals surface area contributed by atoms with Crippen LogP contribution in [0.2, 0.25) is 5.02 Å². The number of nitrogens with one attached hydrogen (secondary N) is 1. The Kier molecular flexibility index (Phi) is 6.47. The summed E-state index contributed by atoms with van der Waals surface area (Å²) >= 11 is 8.69. The van der Waals surface area contributed by atoms with E-state index in [9.17, 15) is 4.79 Å². The van der Waals surface area contributed by atoms with Crippen molar-refractivity contribution in [2.75, 3.05) is 24.3 Å². The minimum atomic E-state index is -0.0621. The topological polar surface area (TPSA) is 99.4 Å². The van der Waals surface area contributed by atoms with Gasteiger partial charge in [0.25, 0.3) is 5.22 Å². The van der Waals surface area contributed by atoms with E-state index in [1.165, 1.54) is 23.1 Å². The van der Waals surface area contributed by atoms with Crippen molar-refractivity contribution in [3.8, 4) is 11.5 Å². The van der Waals surface area contributed by atoms with Crippen molar-refractivity contribution in [2.24, 2.45) is 0 Å². The average molecular weight is 501 g/mol. The maximum Gasteiger partial charge on any atom is 0.277 e. The fourth-order valence-electron chi connectivity index (χ4n) is 3.09. The molecule has 1 aliphatic rings. The number of nitrogens with zero attached hydrogens (tertiary/aromatic N) is 3. The lowest BCUT2D eigenvalue weighted by molar-refractivity contribution is 0.102. The second-order valence-electron chi connectivity index (χ2n) is 6.99. The number of carbonyl (C=O) groups is 1. The Hall–Kier alpha value is -3.08.